The second-order valence-corrected chi connectivity index (χ2v) is 8.59. The zero-order chi connectivity index (χ0) is 21.5. The zero-order valence-electron chi connectivity index (χ0n) is 17.1. The van der Waals surface area contributed by atoms with Gasteiger partial charge in [-0.25, -0.2) is 9.67 Å². The van der Waals surface area contributed by atoms with Crippen molar-refractivity contribution in [2.45, 2.75) is 31.5 Å². The number of pyridine rings is 1. The number of hydrogen-bond donors (Lipinski definition) is 1. The lowest BCUT2D eigenvalue weighted by atomic mass is 10.1. The van der Waals surface area contributed by atoms with Gasteiger partial charge in [-0.05, 0) is 37.6 Å². The number of rotatable bonds is 4. The molecular weight excluding hydrogens is 412 g/mol. The van der Waals surface area contributed by atoms with Crippen LogP contribution in [0.3, 0.4) is 0 Å². The highest BCUT2D eigenvalue weighted by molar-refractivity contribution is 7.99. The van der Waals surface area contributed by atoms with Crippen LogP contribution in [0.4, 0.5) is 5.69 Å². The van der Waals surface area contributed by atoms with E-state index < -0.39 is 0 Å². The van der Waals surface area contributed by atoms with Crippen molar-refractivity contribution in [1.29, 1.82) is 0 Å². The molecule has 0 saturated heterocycles. The molecule has 9 heteroatoms. The number of aromatic nitrogens is 5. The van der Waals surface area contributed by atoms with Gasteiger partial charge in [-0.2, -0.15) is 5.10 Å². The Morgan fingerprint density at radius 1 is 1.23 bits per heavy atom. The Morgan fingerprint density at radius 3 is 2.81 bits per heavy atom. The summed E-state index contributed by atoms with van der Waals surface area (Å²) in [6, 6.07) is 9.29. The number of nitrogens with zero attached hydrogens (tertiary/aromatic N) is 5. The number of aryl methyl sites for hydroxylation is 2. The lowest BCUT2D eigenvalue weighted by Gasteiger charge is -2.13. The molecule has 0 bridgehead atoms. The third-order valence-electron chi connectivity index (χ3n) is 5.34. The molecule has 0 saturated carbocycles. The van der Waals surface area contributed by atoms with Gasteiger partial charge >= 0.3 is 0 Å². The highest BCUT2D eigenvalue weighted by Crippen LogP contribution is 2.33. The summed E-state index contributed by atoms with van der Waals surface area (Å²) in [7, 11) is 0. The van der Waals surface area contributed by atoms with Crippen LogP contribution < -0.4 is 10.9 Å². The van der Waals surface area contributed by atoms with Crippen LogP contribution in [0.5, 0.6) is 0 Å². The molecule has 3 aromatic heterocycles. The average Bonchev–Trinajstić information content (AvgIpc) is 3.34. The second kappa shape index (κ2) is 7.66. The lowest BCUT2D eigenvalue weighted by molar-refractivity contribution is -0.116. The van der Waals surface area contributed by atoms with Gasteiger partial charge in [0.25, 0.3) is 5.56 Å². The van der Waals surface area contributed by atoms with E-state index in [1.54, 1.807) is 40.0 Å². The summed E-state index contributed by atoms with van der Waals surface area (Å²) in [5, 5.41) is 8.36. The average molecular weight is 433 g/mol. The Morgan fingerprint density at radius 2 is 2.03 bits per heavy atom. The van der Waals surface area contributed by atoms with Gasteiger partial charge in [-0.3, -0.25) is 19.1 Å². The van der Waals surface area contributed by atoms with Gasteiger partial charge in [0.05, 0.1) is 17.9 Å². The largest absolute Gasteiger partial charge is 0.326 e. The highest BCUT2D eigenvalue weighted by Gasteiger charge is 2.29. The molecule has 156 valence electrons. The summed E-state index contributed by atoms with van der Waals surface area (Å²) in [4.78, 5) is 34.5. The summed E-state index contributed by atoms with van der Waals surface area (Å²) in [6.45, 7) is 4.05. The molecule has 0 fully saturated rings. The molecule has 1 aliphatic heterocycles. The number of nitrogens with one attached hydrogen (secondary N) is 1. The van der Waals surface area contributed by atoms with Gasteiger partial charge in [0.2, 0.25) is 5.91 Å². The van der Waals surface area contributed by atoms with E-state index >= 15 is 0 Å². The van der Waals surface area contributed by atoms with E-state index in [0.717, 1.165) is 16.8 Å². The summed E-state index contributed by atoms with van der Waals surface area (Å²) < 4.78 is 3.35. The van der Waals surface area contributed by atoms with Crippen molar-refractivity contribution < 1.29 is 4.79 Å². The van der Waals surface area contributed by atoms with Crippen LogP contribution in [0.2, 0.25) is 0 Å². The standard InChI is InChI=1S/C22H20N6O2S/c1-13-3-4-18(14(2)9-13)28-20-17(11-24-28)21(30)27-16(12-31-22(27)26-20)10-19(29)25-15-5-7-23-8-6-15/h3-9,11,16H,10,12H2,1-2H3,(H,23,25,29). The topological polar surface area (TPSA) is 94.7 Å². The summed E-state index contributed by atoms with van der Waals surface area (Å²) in [5.41, 5.74) is 4.18. The third kappa shape index (κ3) is 3.50. The van der Waals surface area contributed by atoms with Crippen molar-refractivity contribution in [3.8, 4) is 5.69 Å². The summed E-state index contributed by atoms with van der Waals surface area (Å²) in [6.07, 6.45) is 5.00. The van der Waals surface area contributed by atoms with Crippen LogP contribution in [-0.2, 0) is 4.79 Å². The van der Waals surface area contributed by atoms with Crippen LogP contribution in [0.15, 0.2) is 58.9 Å². The molecule has 4 aromatic rings. The van der Waals surface area contributed by atoms with Crippen molar-refractivity contribution in [2.24, 2.45) is 0 Å². The number of benzene rings is 1. The summed E-state index contributed by atoms with van der Waals surface area (Å²) >= 11 is 1.49. The Kier molecular flexibility index (Phi) is 4.82. The van der Waals surface area contributed by atoms with Crippen molar-refractivity contribution in [3.63, 3.8) is 0 Å². The second-order valence-electron chi connectivity index (χ2n) is 7.61. The molecule has 1 amide bonds. The van der Waals surface area contributed by atoms with E-state index in [1.165, 1.54) is 11.8 Å². The fraction of sp³-hybridized carbons (Fsp3) is 0.227. The molecular formula is C22H20N6O2S. The molecule has 4 heterocycles. The fourth-order valence-corrected chi connectivity index (χ4v) is 4.99. The van der Waals surface area contributed by atoms with Crippen molar-refractivity contribution in [2.75, 3.05) is 11.1 Å². The number of carbonyl (C=O) groups is 1. The number of thioether (sulfide) groups is 1. The molecule has 0 radical (unpaired) electrons. The minimum absolute atomic E-state index is 0.150. The van der Waals surface area contributed by atoms with Crippen LogP contribution >= 0.6 is 11.8 Å². The van der Waals surface area contributed by atoms with E-state index in [2.05, 4.69) is 21.5 Å². The Labute approximate surface area is 182 Å². The molecule has 5 rings (SSSR count). The molecule has 8 nitrogen and oxygen atoms in total. The molecule has 0 aliphatic carbocycles. The normalized spacial score (nSPS) is 15.2. The predicted octanol–water partition coefficient (Wildman–Crippen LogP) is 3.27. The van der Waals surface area contributed by atoms with Gasteiger partial charge in [0, 0.05) is 30.3 Å². The first-order valence-electron chi connectivity index (χ1n) is 9.92. The van der Waals surface area contributed by atoms with Crippen molar-refractivity contribution in [3.05, 3.63) is 70.4 Å². The fourth-order valence-electron chi connectivity index (χ4n) is 3.86. The Hall–Kier alpha value is -3.46. The third-order valence-corrected chi connectivity index (χ3v) is 6.43. The maximum atomic E-state index is 13.3. The minimum Gasteiger partial charge on any atom is -0.326 e. The van der Waals surface area contributed by atoms with Gasteiger partial charge in [-0.15, -0.1) is 0 Å². The van der Waals surface area contributed by atoms with E-state index in [4.69, 9.17) is 4.98 Å². The minimum atomic E-state index is -0.254. The Balaban J connectivity index is 1.48. The first kappa shape index (κ1) is 19.5. The number of anilines is 1. The van der Waals surface area contributed by atoms with Crippen LogP contribution in [0.1, 0.15) is 23.6 Å². The smallest absolute Gasteiger partial charge is 0.265 e. The van der Waals surface area contributed by atoms with Crippen molar-refractivity contribution in [1.82, 2.24) is 24.3 Å². The highest BCUT2D eigenvalue weighted by atomic mass is 32.2. The molecule has 1 atom stereocenters. The maximum absolute atomic E-state index is 13.3. The predicted molar refractivity (Wildman–Crippen MR) is 120 cm³/mol. The van der Waals surface area contributed by atoms with Gasteiger partial charge in [-0.1, -0.05) is 29.5 Å². The first-order valence-corrected chi connectivity index (χ1v) is 10.9. The SMILES string of the molecule is Cc1ccc(-n2ncc3c(=O)n4c(nc32)SCC4CC(=O)Nc2ccncc2)c(C)c1. The van der Waals surface area contributed by atoms with E-state index in [1.807, 2.05) is 26.0 Å². The molecule has 0 spiro atoms. The Bertz CT molecular complexity index is 1360. The number of hydrogen-bond acceptors (Lipinski definition) is 6. The van der Waals surface area contributed by atoms with E-state index in [9.17, 15) is 9.59 Å². The molecule has 31 heavy (non-hydrogen) atoms. The number of fused-ring (bicyclic) bond motifs is 2. The first-order chi connectivity index (χ1) is 15.0. The van der Waals surface area contributed by atoms with Gasteiger partial charge < -0.3 is 5.32 Å². The van der Waals surface area contributed by atoms with Gasteiger partial charge in [0.1, 0.15) is 5.39 Å². The molecule has 1 aromatic carbocycles. The molecule has 1 aliphatic rings. The van der Waals surface area contributed by atoms with Crippen LogP contribution in [-0.4, -0.2) is 36.0 Å². The van der Waals surface area contributed by atoms with E-state index in [-0.39, 0.29) is 23.9 Å². The molecule has 1 unspecified atom stereocenters. The van der Waals surface area contributed by atoms with Crippen molar-refractivity contribution >= 4 is 34.4 Å². The molecule has 1 N–H and O–H groups in total. The summed E-state index contributed by atoms with van der Waals surface area (Å²) in [5.74, 6) is 0.470. The zero-order valence-corrected chi connectivity index (χ0v) is 17.9. The van der Waals surface area contributed by atoms with Crippen LogP contribution in [0, 0.1) is 13.8 Å². The van der Waals surface area contributed by atoms with Gasteiger partial charge in [0.15, 0.2) is 10.8 Å². The number of amides is 1. The maximum Gasteiger partial charge on any atom is 0.265 e. The monoisotopic (exact) mass is 432 g/mol. The van der Waals surface area contributed by atoms with Crippen LogP contribution in [0.25, 0.3) is 16.7 Å². The van der Waals surface area contributed by atoms with E-state index in [0.29, 0.717) is 27.6 Å². The number of carbonyl (C=O) groups excluding carboxylic acids is 1. The quantitative estimate of drug-likeness (QED) is 0.498. The lowest BCUT2D eigenvalue weighted by Crippen LogP contribution is -2.27.